The molecular formula is C48H32N2O. The van der Waals surface area contributed by atoms with E-state index in [0.717, 1.165) is 39.0 Å². The molecule has 0 amide bonds. The van der Waals surface area contributed by atoms with E-state index in [9.17, 15) is 0 Å². The molecule has 2 aromatic heterocycles. The van der Waals surface area contributed by atoms with Gasteiger partial charge in [0, 0.05) is 44.3 Å². The Bertz CT molecular complexity index is 2830. The molecule has 0 spiro atoms. The molecule has 0 atom stereocenters. The van der Waals surface area contributed by atoms with Crippen LogP contribution in [0.25, 0.3) is 71.7 Å². The summed E-state index contributed by atoms with van der Waals surface area (Å²) in [6.45, 7) is 0. The summed E-state index contributed by atoms with van der Waals surface area (Å²) in [7, 11) is 0. The van der Waals surface area contributed by atoms with Crippen LogP contribution in [0.5, 0.6) is 0 Å². The van der Waals surface area contributed by atoms with E-state index < -0.39 is 0 Å². The van der Waals surface area contributed by atoms with Gasteiger partial charge in [-0.25, -0.2) is 0 Å². The largest absolute Gasteiger partial charge is 0.456 e. The van der Waals surface area contributed by atoms with Crippen LogP contribution in [0.2, 0.25) is 0 Å². The van der Waals surface area contributed by atoms with Gasteiger partial charge in [-0.1, -0.05) is 109 Å². The van der Waals surface area contributed by atoms with Gasteiger partial charge in [0.05, 0.1) is 11.0 Å². The highest BCUT2D eigenvalue weighted by molar-refractivity contribution is 6.10. The Labute approximate surface area is 295 Å². The second-order valence-electron chi connectivity index (χ2n) is 13.0. The minimum Gasteiger partial charge on any atom is -0.456 e. The minimum atomic E-state index is 0.911. The van der Waals surface area contributed by atoms with E-state index in [1.165, 1.54) is 49.7 Å². The number of nitrogens with zero attached hydrogens (tertiary/aromatic N) is 2. The Kier molecular flexibility index (Phi) is 6.81. The normalized spacial score (nSPS) is 11.5. The molecule has 3 nitrogen and oxygen atoms in total. The summed E-state index contributed by atoms with van der Waals surface area (Å²) >= 11 is 0. The molecule has 3 heteroatoms. The highest BCUT2D eigenvalue weighted by Gasteiger charge is 2.16. The first-order valence-electron chi connectivity index (χ1n) is 17.3. The molecule has 0 saturated heterocycles. The lowest BCUT2D eigenvalue weighted by Crippen LogP contribution is -2.09. The molecule has 0 saturated carbocycles. The molecule has 0 bridgehead atoms. The van der Waals surface area contributed by atoms with Crippen molar-refractivity contribution in [1.29, 1.82) is 0 Å². The second kappa shape index (κ2) is 11.9. The molecule has 0 unspecified atom stereocenters. The fraction of sp³-hybridized carbons (Fsp3) is 0. The summed E-state index contributed by atoms with van der Waals surface area (Å²) in [5, 5.41) is 4.79. The predicted molar refractivity (Wildman–Crippen MR) is 214 cm³/mol. The summed E-state index contributed by atoms with van der Waals surface area (Å²) in [5.41, 5.74) is 13.4. The first kappa shape index (κ1) is 29.1. The third-order valence-corrected chi connectivity index (χ3v) is 10.00. The summed E-state index contributed by atoms with van der Waals surface area (Å²) in [5.74, 6) is 0. The van der Waals surface area contributed by atoms with Crippen LogP contribution in [-0.2, 0) is 0 Å². The van der Waals surface area contributed by atoms with Gasteiger partial charge in [-0.05, 0) is 107 Å². The van der Waals surface area contributed by atoms with E-state index in [2.05, 4.69) is 191 Å². The van der Waals surface area contributed by atoms with Crippen molar-refractivity contribution in [3.05, 3.63) is 194 Å². The second-order valence-corrected chi connectivity index (χ2v) is 13.0. The van der Waals surface area contributed by atoms with Gasteiger partial charge < -0.3 is 13.9 Å². The fourth-order valence-electron chi connectivity index (χ4n) is 7.54. The van der Waals surface area contributed by atoms with E-state index in [1.807, 2.05) is 12.1 Å². The average Bonchev–Trinajstić information content (AvgIpc) is 3.74. The van der Waals surface area contributed by atoms with Crippen molar-refractivity contribution in [2.75, 3.05) is 4.90 Å². The monoisotopic (exact) mass is 652 g/mol. The minimum absolute atomic E-state index is 0.911. The van der Waals surface area contributed by atoms with Gasteiger partial charge >= 0.3 is 0 Å². The average molecular weight is 653 g/mol. The molecule has 10 rings (SSSR count). The zero-order valence-electron chi connectivity index (χ0n) is 27.8. The smallest absolute Gasteiger partial charge is 0.135 e. The van der Waals surface area contributed by atoms with Gasteiger partial charge in [-0.15, -0.1) is 0 Å². The molecule has 0 aliphatic heterocycles. The molecule has 0 N–H and O–H groups in total. The van der Waals surface area contributed by atoms with Crippen LogP contribution in [0.1, 0.15) is 0 Å². The lowest BCUT2D eigenvalue weighted by molar-refractivity contribution is 0.669. The van der Waals surface area contributed by atoms with Crippen molar-refractivity contribution < 1.29 is 4.42 Å². The maximum atomic E-state index is 6.07. The fourth-order valence-corrected chi connectivity index (χ4v) is 7.54. The highest BCUT2D eigenvalue weighted by Crippen LogP contribution is 2.39. The van der Waals surface area contributed by atoms with E-state index in [4.69, 9.17) is 4.42 Å². The Morgan fingerprint density at radius 2 is 0.824 bits per heavy atom. The zero-order valence-corrected chi connectivity index (χ0v) is 27.8. The number of hydrogen-bond acceptors (Lipinski definition) is 2. The van der Waals surface area contributed by atoms with Gasteiger partial charge in [0.2, 0.25) is 0 Å². The number of aromatic nitrogens is 1. The number of furan rings is 1. The highest BCUT2D eigenvalue weighted by atomic mass is 16.3. The van der Waals surface area contributed by atoms with Crippen LogP contribution >= 0.6 is 0 Å². The summed E-state index contributed by atoms with van der Waals surface area (Å²) in [6, 6.07) is 69.2. The predicted octanol–water partition coefficient (Wildman–Crippen LogP) is 13.5. The SMILES string of the molecule is c1ccc(N(c2ccc(-c3ccc4oc5ccccc5c4c3)cc2)c2ccc(-c3ccc4c(c3)c3ccccc3n4-c3ccccc3)cc2)cc1. The first-order chi connectivity index (χ1) is 25.3. The Balaban J connectivity index is 1.01. The topological polar surface area (TPSA) is 21.3 Å². The van der Waals surface area contributed by atoms with E-state index >= 15 is 0 Å². The third-order valence-electron chi connectivity index (χ3n) is 10.00. The molecule has 10 aromatic rings. The number of anilines is 3. The number of hydrogen-bond donors (Lipinski definition) is 0. The molecule has 0 aliphatic carbocycles. The van der Waals surface area contributed by atoms with Crippen molar-refractivity contribution in [2.24, 2.45) is 0 Å². The van der Waals surface area contributed by atoms with E-state index in [0.29, 0.717) is 0 Å². The van der Waals surface area contributed by atoms with Crippen molar-refractivity contribution in [1.82, 2.24) is 4.57 Å². The van der Waals surface area contributed by atoms with Crippen LogP contribution in [0, 0.1) is 0 Å². The third kappa shape index (κ3) is 4.98. The van der Waals surface area contributed by atoms with Crippen molar-refractivity contribution >= 4 is 60.8 Å². The van der Waals surface area contributed by atoms with Crippen LogP contribution in [0.15, 0.2) is 199 Å². The summed E-state index contributed by atoms with van der Waals surface area (Å²) < 4.78 is 8.43. The van der Waals surface area contributed by atoms with Gasteiger partial charge in [0.15, 0.2) is 0 Å². The molecule has 0 aliphatic rings. The first-order valence-corrected chi connectivity index (χ1v) is 17.3. The number of para-hydroxylation sites is 4. The Morgan fingerprint density at radius 3 is 1.53 bits per heavy atom. The maximum Gasteiger partial charge on any atom is 0.135 e. The zero-order chi connectivity index (χ0) is 33.7. The molecule has 240 valence electrons. The van der Waals surface area contributed by atoms with Gasteiger partial charge in [-0.2, -0.15) is 0 Å². The molecular weight excluding hydrogens is 621 g/mol. The lowest BCUT2D eigenvalue weighted by Gasteiger charge is -2.26. The Morgan fingerprint density at radius 1 is 0.333 bits per heavy atom. The molecule has 51 heavy (non-hydrogen) atoms. The van der Waals surface area contributed by atoms with Crippen LogP contribution < -0.4 is 4.90 Å². The molecule has 2 heterocycles. The Hall–Kier alpha value is -6.84. The number of benzene rings is 8. The van der Waals surface area contributed by atoms with Crippen molar-refractivity contribution in [3.63, 3.8) is 0 Å². The van der Waals surface area contributed by atoms with Crippen LogP contribution in [0.3, 0.4) is 0 Å². The van der Waals surface area contributed by atoms with Gasteiger partial charge in [0.1, 0.15) is 11.2 Å². The van der Waals surface area contributed by atoms with Crippen molar-refractivity contribution in [3.8, 4) is 27.9 Å². The molecule has 0 radical (unpaired) electrons. The van der Waals surface area contributed by atoms with Gasteiger partial charge in [-0.3, -0.25) is 0 Å². The molecule has 0 fully saturated rings. The number of fused-ring (bicyclic) bond motifs is 6. The quantitative estimate of drug-likeness (QED) is 0.178. The molecule has 8 aromatic carbocycles. The summed E-state index contributed by atoms with van der Waals surface area (Å²) in [6.07, 6.45) is 0. The van der Waals surface area contributed by atoms with Crippen LogP contribution in [-0.4, -0.2) is 4.57 Å². The summed E-state index contributed by atoms with van der Waals surface area (Å²) in [4.78, 5) is 2.32. The lowest BCUT2D eigenvalue weighted by atomic mass is 10.0. The van der Waals surface area contributed by atoms with E-state index in [1.54, 1.807) is 0 Å². The van der Waals surface area contributed by atoms with Crippen LogP contribution in [0.4, 0.5) is 17.1 Å². The standard InChI is InChI=1S/C48H32N2O/c1-3-11-37(12-4-1)49(40-27-21-34(22-28-40)36-24-30-48-44(32-36)42-16-8-10-18-47(42)51-48)39-25-19-33(20-26-39)35-23-29-46-43(31-35)41-15-7-9-17-45(41)50(46)38-13-5-2-6-14-38/h1-32H. The van der Waals surface area contributed by atoms with Crippen molar-refractivity contribution in [2.45, 2.75) is 0 Å². The van der Waals surface area contributed by atoms with E-state index in [-0.39, 0.29) is 0 Å². The maximum absolute atomic E-state index is 6.07. The number of rotatable bonds is 6. The van der Waals surface area contributed by atoms with Gasteiger partial charge in [0.25, 0.3) is 0 Å².